The molecule has 1 aromatic rings. The first kappa shape index (κ1) is 28.3. The lowest BCUT2D eigenvalue weighted by molar-refractivity contribution is -0.192. The van der Waals surface area contributed by atoms with Crippen LogP contribution in [-0.4, -0.2) is 98.5 Å². The molecule has 0 radical (unpaired) electrons. The van der Waals surface area contributed by atoms with E-state index in [-0.39, 0.29) is 24.3 Å². The number of hydrogen-bond acceptors (Lipinski definition) is 6. The summed E-state index contributed by atoms with van der Waals surface area (Å²) in [5.41, 5.74) is 0.458. The van der Waals surface area contributed by atoms with Crippen molar-refractivity contribution in [3.63, 3.8) is 0 Å². The van der Waals surface area contributed by atoms with E-state index in [1.807, 2.05) is 0 Å². The SMILES string of the molecule is O=C(O)C(F)(F)F.O=C(c1cccc(Cl)c1)N(CCS(=O)(=O)N1CCNCC1)CC1CCCO1. The molecule has 34 heavy (non-hydrogen) atoms. The molecule has 1 amide bonds. The van der Waals surface area contributed by atoms with Crippen molar-refractivity contribution in [1.82, 2.24) is 14.5 Å². The number of alkyl halides is 3. The first-order valence-corrected chi connectivity index (χ1v) is 12.5. The summed E-state index contributed by atoms with van der Waals surface area (Å²) < 4.78 is 64.2. The Bertz CT molecular complexity index is 936. The van der Waals surface area contributed by atoms with Crippen molar-refractivity contribution < 1.29 is 41.0 Å². The fraction of sp³-hybridized carbons (Fsp3) is 0.600. The first-order valence-electron chi connectivity index (χ1n) is 10.6. The summed E-state index contributed by atoms with van der Waals surface area (Å²) in [5.74, 6) is -3.07. The predicted octanol–water partition coefficient (Wildman–Crippen LogP) is 1.83. The number of rotatable bonds is 7. The summed E-state index contributed by atoms with van der Waals surface area (Å²) in [4.78, 5) is 23.5. The quantitative estimate of drug-likeness (QED) is 0.553. The van der Waals surface area contributed by atoms with Gasteiger partial charge in [-0.05, 0) is 31.0 Å². The minimum Gasteiger partial charge on any atom is -0.475 e. The molecule has 2 aliphatic rings. The Balaban J connectivity index is 0.000000509. The lowest BCUT2D eigenvalue weighted by Gasteiger charge is -2.29. The number of carbonyl (C=O) groups is 2. The largest absolute Gasteiger partial charge is 0.490 e. The molecule has 1 aromatic carbocycles. The van der Waals surface area contributed by atoms with Gasteiger partial charge in [0.1, 0.15) is 0 Å². The molecule has 1 atom stereocenters. The number of piperazine rings is 1. The van der Waals surface area contributed by atoms with Crippen LogP contribution in [0.5, 0.6) is 0 Å². The Morgan fingerprint density at radius 3 is 2.44 bits per heavy atom. The smallest absolute Gasteiger partial charge is 0.475 e. The van der Waals surface area contributed by atoms with Crippen LogP contribution in [0, 0.1) is 0 Å². The Morgan fingerprint density at radius 2 is 1.91 bits per heavy atom. The van der Waals surface area contributed by atoms with Gasteiger partial charge < -0.3 is 20.1 Å². The number of halogens is 4. The highest BCUT2D eigenvalue weighted by molar-refractivity contribution is 7.89. The summed E-state index contributed by atoms with van der Waals surface area (Å²) in [6.07, 6.45) is -3.29. The number of nitrogens with one attached hydrogen (secondary N) is 1. The molecule has 2 heterocycles. The number of amides is 1. The zero-order valence-corrected chi connectivity index (χ0v) is 19.8. The van der Waals surface area contributed by atoms with Crippen molar-refractivity contribution >= 4 is 33.5 Å². The molecular weight excluding hydrogens is 503 g/mol. The van der Waals surface area contributed by atoms with Crippen LogP contribution in [0.1, 0.15) is 23.2 Å². The monoisotopic (exact) mass is 529 g/mol. The van der Waals surface area contributed by atoms with Gasteiger partial charge in [-0.25, -0.2) is 13.2 Å². The summed E-state index contributed by atoms with van der Waals surface area (Å²) >= 11 is 6.01. The van der Waals surface area contributed by atoms with Crippen LogP contribution in [0.15, 0.2) is 24.3 Å². The second-order valence-corrected chi connectivity index (χ2v) is 10.2. The van der Waals surface area contributed by atoms with E-state index >= 15 is 0 Å². The Kier molecular flexibility index (Phi) is 10.6. The van der Waals surface area contributed by atoms with Gasteiger partial charge in [0.15, 0.2) is 0 Å². The zero-order chi connectivity index (χ0) is 25.4. The molecule has 0 saturated carbocycles. The summed E-state index contributed by atoms with van der Waals surface area (Å²) in [6, 6.07) is 6.73. The number of aliphatic carboxylic acids is 1. The number of ether oxygens (including phenoxy) is 1. The molecule has 2 N–H and O–H groups in total. The summed E-state index contributed by atoms with van der Waals surface area (Å²) in [6.45, 7) is 3.45. The maximum absolute atomic E-state index is 13.0. The fourth-order valence-electron chi connectivity index (χ4n) is 3.39. The molecule has 0 aromatic heterocycles. The van der Waals surface area contributed by atoms with Gasteiger partial charge in [-0.2, -0.15) is 17.5 Å². The van der Waals surface area contributed by atoms with Gasteiger partial charge in [-0.3, -0.25) is 4.79 Å². The van der Waals surface area contributed by atoms with Gasteiger partial charge in [-0.15, -0.1) is 0 Å². The highest BCUT2D eigenvalue weighted by atomic mass is 35.5. The number of carbonyl (C=O) groups excluding carboxylic acids is 1. The van der Waals surface area contributed by atoms with Gasteiger partial charge in [0.25, 0.3) is 5.91 Å². The Morgan fingerprint density at radius 1 is 1.26 bits per heavy atom. The topological polar surface area (TPSA) is 116 Å². The molecule has 0 spiro atoms. The standard InChI is InChI=1S/C18H26ClN3O4S.C2HF3O2/c19-16-4-1-3-15(13-16)18(23)21(14-17-5-2-11-26-17)10-12-27(24,25)22-8-6-20-7-9-22;3-2(4,5)1(6)7/h1,3-4,13,17,20H,2,5-12,14H2;(H,6,7). The zero-order valence-electron chi connectivity index (χ0n) is 18.3. The highest BCUT2D eigenvalue weighted by Gasteiger charge is 2.38. The molecule has 0 bridgehead atoms. The third kappa shape index (κ3) is 9.02. The third-order valence-electron chi connectivity index (χ3n) is 5.14. The van der Waals surface area contributed by atoms with Crippen LogP contribution in [0.25, 0.3) is 0 Å². The molecule has 3 rings (SSSR count). The Labute approximate surface area is 200 Å². The van der Waals surface area contributed by atoms with Crippen LogP contribution in [-0.2, 0) is 19.6 Å². The molecular formula is C20H27ClF3N3O6S. The van der Waals surface area contributed by atoms with Crippen molar-refractivity contribution in [3.8, 4) is 0 Å². The highest BCUT2D eigenvalue weighted by Crippen LogP contribution is 2.18. The van der Waals surface area contributed by atoms with Crippen LogP contribution in [0.4, 0.5) is 13.2 Å². The number of carboxylic acids is 1. The lowest BCUT2D eigenvalue weighted by atomic mass is 10.1. The van der Waals surface area contributed by atoms with E-state index in [1.54, 1.807) is 29.2 Å². The van der Waals surface area contributed by atoms with Crippen molar-refractivity contribution in [2.75, 3.05) is 51.6 Å². The van der Waals surface area contributed by atoms with Crippen LogP contribution < -0.4 is 5.32 Å². The second-order valence-electron chi connectivity index (χ2n) is 7.66. The van der Waals surface area contributed by atoms with Gasteiger partial charge in [0.2, 0.25) is 10.0 Å². The summed E-state index contributed by atoms with van der Waals surface area (Å²) in [7, 11) is -3.40. The summed E-state index contributed by atoms with van der Waals surface area (Å²) in [5, 5.41) is 10.7. The van der Waals surface area contributed by atoms with Crippen LogP contribution in [0.3, 0.4) is 0 Å². The molecule has 1 unspecified atom stereocenters. The van der Waals surface area contributed by atoms with Gasteiger partial charge >= 0.3 is 12.1 Å². The number of carboxylic acid groups (broad SMARTS) is 1. The van der Waals surface area contributed by atoms with E-state index in [0.29, 0.717) is 49.9 Å². The molecule has 2 saturated heterocycles. The average Bonchev–Trinajstić information content (AvgIpc) is 3.30. The van der Waals surface area contributed by atoms with Crippen molar-refractivity contribution in [1.29, 1.82) is 0 Å². The predicted molar refractivity (Wildman–Crippen MR) is 118 cm³/mol. The number of hydrogen-bond donors (Lipinski definition) is 2. The minimum atomic E-state index is -5.08. The molecule has 2 aliphatic heterocycles. The second kappa shape index (κ2) is 12.7. The molecule has 2 fully saturated rings. The number of nitrogens with zero attached hydrogens (tertiary/aromatic N) is 2. The normalized spacial score (nSPS) is 19.2. The fourth-order valence-corrected chi connectivity index (χ4v) is 5.03. The maximum atomic E-state index is 13.0. The van der Waals surface area contributed by atoms with Gasteiger partial charge in [0.05, 0.1) is 11.9 Å². The van der Waals surface area contributed by atoms with E-state index in [4.69, 9.17) is 26.2 Å². The van der Waals surface area contributed by atoms with Crippen molar-refractivity contribution in [2.45, 2.75) is 25.1 Å². The lowest BCUT2D eigenvalue weighted by Crippen LogP contribution is -2.49. The van der Waals surface area contributed by atoms with E-state index in [9.17, 15) is 26.4 Å². The number of sulfonamides is 1. The molecule has 9 nitrogen and oxygen atoms in total. The van der Waals surface area contributed by atoms with Crippen LogP contribution in [0.2, 0.25) is 5.02 Å². The molecule has 192 valence electrons. The van der Waals surface area contributed by atoms with E-state index in [1.165, 1.54) is 4.31 Å². The van der Waals surface area contributed by atoms with E-state index < -0.39 is 22.2 Å². The minimum absolute atomic E-state index is 0.0463. The number of benzene rings is 1. The van der Waals surface area contributed by atoms with E-state index in [2.05, 4.69) is 5.32 Å². The van der Waals surface area contributed by atoms with E-state index in [0.717, 1.165) is 12.8 Å². The maximum Gasteiger partial charge on any atom is 0.490 e. The Hall–Kier alpha value is -1.93. The van der Waals surface area contributed by atoms with Gasteiger partial charge in [-0.1, -0.05) is 17.7 Å². The average molecular weight is 530 g/mol. The first-order chi connectivity index (χ1) is 15.9. The van der Waals surface area contributed by atoms with Crippen LogP contribution >= 0.6 is 11.6 Å². The van der Waals surface area contributed by atoms with Gasteiger partial charge in [0, 0.05) is 56.5 Å². The third-order valence-corrected chi connectivity index (χ3v) is 7.22. The van der Waals surface area contributed by atoms with Crippen molar-refractivity contribution in [3.05, 3.63) is 34.9 Å². The van der Waals surface area contributed by atoms with Crippen molar-refractivity contribution in [2.24, 2.45) is 0 Å². The molecule has 0 aliphatic carbocycles. The molecule has 14 heteroatoms.